The number of rotatable bonds is 4. The van der Waals surface area contributed by atoms with Crippen LogP contribution in [0.2, 0.25) is 5.02 Å². The Kier molecular flexibility index (Phi) is 4.03. The Hall–Kier alpha value is -2.07. The topological polar surface area (TPSA) is 55.1 Å². The van der Waals surface area contributed by atoms with Gasteiger partial charge in [-0.2, -0.15) is 0 Å². The lowest BCUT2D eigenvalue weighted by Gasteiger charge is -2.19. The Labute approximate surface area is 133 Å². The first-order valence-electron chi connectivity index (χ1n) is 7.16. The summed E-state index contributed by atoms with van der Waals surface area (Å²) in [6.07, 6.45) is 2.15. The Bertz CT molecular complexity index is 698. The second-order valence-corrected chi connectivity index (χ2v) is 6.01. The van der Waals surface area contributed by atoms with Crippen LogP contribution in [0.4, 0.5) is 10.1 Å². The largest absolute Gasteiger partial charge is 0.396 e. The van der Waals surface area contributed by atoms with Crippen molar-refractivity contribution >= 4 is 23.2 Å². The zero-order chi connectivity index (χ0) is 15.7. The number of hydrogen-bond donors (Lipinski definition) is 2. The Morgan fingerprint density at radius 1 is 1.23 bits per heavy atom. The van der Waals surface area contributed by atoms with E-state index in [1.54, 1.807) is 12.1 Å². The monoisotopic (exact) mass is 318 g/mol. The van der Waals surface area contributed by atoms with Crippen molar-refractivity contribution in [2.45, 2.75) is 18.9 Å². The van der Waals surface area contributed by atoms with Crippen LogP contribution in [0, 0.1) is 11.7 Å². The fourth-order valence-electron chi connectivity index (χ4n) is 2.47. The van der Waals surface area contributed by atoms with Gasteiger partial charge in [-0.25, -0.2) is 4.39 Å². The van der Waals surface area contributed by atoms with Crippen molar-refractivity contribution in [3.63, 3.8) is 0 Å². The van der Waals surface area contributed by atoms with E-state index in [4.69, 9.17) is 17.3 Å². The molecule has 1 saturated carbocycles. The maximum absolute atomic E-state index is 13.5. The molecule has 2 aromatic rings. The minimum absolute atomic E-state index is 0.0352. The maximum Gasteiger partial charge on any atom is 0.251 e. The highest BCUT2D eigenvalue weighted by molar-refractivity contribution is 6.30. The molecule has 2 aromatic carbocycles. The number of amides is 1. The molecule has 0 aromatic heterocycles. The van der Waals surface area contributed by atoms with E-state index >= 15 is 0 Å². The fraction of sp³-hybridized carbons (Fsp3) is 0.235. The molecule has 0 heterocycles. The molecule has 0 radical (unpaired) electrons. The van der Waals surface area contributed by atoms with Crippen LogP contribution in [0.1, 0.15) is 34.8 Å². The molecule has 3 rings (SSSR count). The summed E-state index contributed by atoms with van der Waals surface area (Å²) in [5.41, 5.74) is 6.75. The van der Waals surface area contributed by atoms with Crippen molar-refractivity contribution in [2.75, 3.05) is 5.73 Å². The van der Waals surface area contributed by atoms with E-state index in [0.717, 1.165) is 24.5 Å². The number of nitrogens with one attached hydrogen (secondary N) is 1. The number of benzene rings is 2. The second-order valence-electron chi connectivity index (χ2n) is 5.58. The first-order valence-corrected chi connectivity index (χ1v) is 7.54. The van der Waals surface area contributed by atoms with Gasteiger partial charge in [0.2, 0.25) is 0 Å². The highest BCUT2D eigenvalue weighted by Crippen LogP contribution is 2.41. The fourth-order valence-corrected chi connectivity index (χ4v) is 2.59. The molecule has 114 valence electrons. The van der Waals surface area contributed by atoms with Gasteiger partial charge in [0.1, 0.15) is 5.82 Å². The van der Waals surface area contributed by atoms with Crippen molar-refractivity contribution < 1.29 is 9.18 Å². The minimum atomic E-state index is -0.581. The summed E-state index contributed by atoms with van der Waals surface area (Å²) < 4.78 is 13.5. The van der Waals surface area contributed by atoms with Crippen molar-refractivity contribution in [2.24, 2.45) is 5.92 Å². The van der Waals surface area contributed by atoms with Crippen LogP contribution in [0.3, 0.4) is 0 Å². The molecular weight excluding hydrogens is 303 g/mol. The van der Waals surface area contributed by atoms with E-state index in [0.29, 0.717) is 10.9 Å². The van der Waals surface area contributed by atoms with Gasteiger partial charge in [-0.1, -0.05) is 23.7 Å². The first-order chi connectivity index (χ1) is 10.5. The van der Waals surface area contributed by atoms with Gasteiger partial charge in [0.15, 0.2) is 0 Å². The standard InChI is InChI=1S/C17H16ClFN2O/c18-13-6-3-11(4-7-13)16(10-1-2-10)21-17(22)12-5-8-15(20)14(19)9-12/h3-10,16H,1-2,20H2,(H,21,22). The third-order valence-electron chi connectivity index (χ3n) is 3.87. The molecule has 3 N–H and O–H groups in total. The van der Waals surface area contributed by atoms with Gasteiger partial charge in [-0.05, 0) is 54.7 Å². The molecule has 5 heteroatoms. The van der Waals surface area contributed by atoms with E-state index in [-0.39, 0.29) is 23.2 Å². The Balaban J connectivity index is 1.80. The number of carbonyl (C=O) groups is 1. The average molecular weight is 319 g/mol. The predicted molar refractivity (Wildman–Crippen MR) is 85.2 cm³/mol. The second kappa shape index (κ2) is 5.97. The quantitative estimate of drug-likeness (QED) is 0.839. The van der Waals surface area contributed by atoms with Gasteiger partial charge in [0.25, 0.3) is 5.91 Å². The number of halogens is 2. The molecule has 0 saturated heterocycles. The molecule has 0 aliphatic heterocycles. The maximum atomic E-state index is 13.5. The zero-order valence-electron chi connectivity index (χ0n) is 11.9. The average Bonchev–Trinajstić information content (AvgIpc) is 3.33. The SMILES string of the molecule is Nc1ccc(C(=O)NC(c2ccc(Cl)cc2)C2CC2)cc1F. The third kappa shape index (κ3) is 3.22. The van der Waals surface area contributed by atoms with E-state index in [1.165, 1.54) is 12.1 Å². The van der Waals surface area contributed by atoms with Gasteiger partial charge in [0.05, 0.1) is 11.7 Å². The lowest BCUT2D eigenvalue weighted by atomic mass is 10.0. The smallest absolute Gasteiger partial charge is 0.251 e. The molecule has 1 fully saturated rings. The molecular formula is C17H16ClFN2O. The van der Waals surface area contributed by atoms with Crippen molar-refractivity contribution in [3.8, 4) is 0 Å². The number of anilines is 1. The minimum Gasteiger partial charge on any atom is -0.396 e. The van der Waals surface area contributed by atoms with Crippen LogP contribution in [0.25, 0.3) is 0 Å². The third-order valence-corrected chi connectivity index (χ3v) is 4.12. The van der Waals surface area contributed by atoms with Crippen LogP contribution in [-0.2, 0) is 0 Å². The summed E-state index contributed by atoms with van der Waals surface area (Å²) in [5.74, 6) is -0.461. The molecule has 22 heavy (non-hydrogen) atoms. The Morgan fingerprint density at radius 3 is 2.50 bits per heavy atom. The van der Waals surface area contributed by atoms with Gasteiger partial charge in [0, 0.05) is 10.6 Å². The summed E-state index contributed by atoms with van der Waals surface area (Å²) in [4.78, 5) is 12.3. The first kappa shape index (κ1) is 14.9. The number of nitrogen functional groups attached to an aromatic ring is 1. The van der Waals surface area contributed by atoms with Crippen molar-refractivity contribution in [1.29, 1.82) is 0 Å². The molecule has 1 unspecified atom stereocenters. The van der Waals surface area contributed by atoms with Gasteiger partial charge < -0.3 is 11.1 Å². The van der Waals surface area contributed by atoms with Crippen LogP contribution >= 0.6 is 11.6 Å². The molecule has 1 atom stereocenters. The number of hydrogen-bond acceptors (Lipinski definition) is 2. The summed E-state index contributed by atoms with van der Waals surface area (Å²) in [6, 6.07) is 11.5. The summed E-state index contributed by atoms with van der Waals surface area (Å²) in [7, 11) is 0. The van der Waals surface area contributed by atoms with Crippen LogP contribution in [0.5, 0.6) is 0 Å². The van der Waals surface area contributed by atoms with Crippen LogP contribution in [-0.4, -0.2) is 5.91 Å². The summed E-state index contributed by atoms with van der Waals surface area (Å²) >= 11 is 5.90. The van der Waals surface area contributed by atoms with Crippen LogP contribution < -0.4 is 11.1 Å². The molecule has 0 bridgehead atoms. The number of carbonyl (C=O) groups excluding carboxylic acids is 1. The van der Waals surface area contributed by atoms with Gasteiger partial charge in [-0.3, -0.25) is 4.79 Å². The van der Waals surface area contributed by atoms with E-state index in [1.807, 2.05) is 12.1 Å². The Morgan fingerprint density at radius 2 is 1.91 bits per heavy atom. The lowest BCUT2D eigenvalue weighted by Crippen LogP contribution is -2.30. The summed E-state index contributed by atoms with van der Waals surface area (Å²) in [6.45, 7) is 0. The lowest BCUT2D eigenvalue weighted by molar-refractivity contribution is 0.0931. The number of nitrogens with two attached hydrogens (primary N) is 1. The molecule has 1 amide bonds. The molecule has 1 aliphatic carbocycles. The molecule has 1 aliphatic rings. The van der Waals surface area contributed by atoms with Gasteiger partial charge in [-0.15, -0.1) is 0 Å². The summed E-state index contributed by atoms with van der Waals surface area (Å²) in [5, 5.41) is 3.65. The van der Waals surface area contributed by atoms with Crippen LogP contribution in [0.15, 0.2) is 42.5 Å². The van der Waals surface area contributed by atoms with Crippen molar-refractivity contribution in [3.05, 3.63) is 64.4 Å². The van der Waals surface area contributed by atoms with Gasteiger partial charge >= 0.3 is 0 Å². The van der Waals surface area contributed by atoms with E-state index < -0.39 is 5.82 Å². The zero-order valence-corrected chi connectivity index (χ0v) is 12.6. The highest BCUT2D eigenvalue weighted by Gasteiger charge is 2.33. The van der Waals surface area contributed by atoms with Crippen molar-refractivity contribution in [1.82, 2.24) is 5.32 Å². The highest BCUT2D eigenvalue weighted by atomic mass is 35.5. The van der Waals surface area contributed by atoms with E-state index in [9.17, 15) is 9.18 Å². The van der Waals surface area contributed by atoms with E-state index in [2.05, 4.69) is 5.32 Å². The molecule has 0 spiro atoms. The molecule has 3 nitrogen and oxygen atoms in total. The predicted octanol–water partition coefficient (Wildman–Crippen LogP) is 3.94. The normalized spacial score (nSPS) is 15.4.